The van der Waals surface area contributed by atoms with Gasteiger partial charge in [0.15, 0.2) is 5.52 Å². The maximum absolute atomic E-state index is 11.0. The summed E-state index contributed by atoms with van der Waals surface area (Å²) in [6.07, 6.45) is 1.55. The first kappa shape index (κ1) is 15.6. The maximum atomic E-state index is 11.0. The summed E-state index contributed by atoms with van der Waals surface area (Å²) in [6.45, 7) is 4.78. The van der Waals surface area contributed by atoms with Gasteiger partial charge in [-0.15, -0.1) is 0 Å². The van der Waals surface area contributed by atoms with Crippen LogP contribution in [-0.4, -0.2) is 22.3 Å². The summed E-state index contributed by atoms with van der Waals surface area (Å²) in [5.74, 6) is 2.15. The third-order valence-electron chi connectivity index (χ3n) is 3.54. The number of thiol groups is 1. The lowest BCUT2D eigenvalue weighted by atomic mass is 9.99. The Labute approximate surface area is 128 Å². The molecule has 6 heteroatoms. The van der Waals surface area contributed by atoms with E-state index in [1.807, 2.05) is 0 Å². The molecular formula is C15H18N2O3S. The van der Waals surface area contributed by atoms with Gasteiger partial charge in [-0.1, -0.05) is 13.8 Å². The fourth-order valence-electron chi connectivity index (χ4n) is 2.06. The third-order valence-corrected chi connectivity index (χ3v) is 4.00. The normalized spacial score (nSPS) is 12.6. The second-order valence-electron chi connectivity index (χ2n) is 5.24. The van der Waals surface area contributed by atoms with Crippen molar-refractivity contribution in [1.82, 2.24) is 4.98 Å². The van der Waals surface area contributed by atoms with Crippen LogP contribution in [0.15, 0.2) is 30.5 Å². The van der Waals surface area contributed by atoms with Crippen LogP contribution in [0.2, 0.25) is 0 Å². The van der Waals surface area contributed by atoms with Crippen LogP contribution in [0.25, 0.3) is 10.9 Å². The first-order valence-electron chi connectivity index (χ1n) is 6.80. The lowest BCUT2D eigenvalue weighted by Gasteiger charge is -2.19. The highest BCUT2D eigenvalue weighted by molar-refractivity contribution is 7.80. The topological polar surface area (TPSA) is 65.3 Å². The first-order chi connectivity index (χ1) is 10.0. The predicted octanol–water partition coefficient (Wildman–Crippen LogP) is 3.72. The molecule has 0 N–H and O–H groups in total. The van der Waals surface area contributed by atoms with E-state index >= 15 is 0 Å². The Kier molecular flexibility index (Phi) is 5.01. The monoisotopic (exact) mass is 306 g/mol. The van der Waals surface area contributed by atoms with Gasteiger partial charge in [-0.05, 0) is 29.9 Å². The van der Waals surface area contributed by atoms with Crippen molar-refractivity contribution >= 4 is 29.2 Å². The summed E-state index contributed by atoms with van der Waals surface area (Å²) in [5.41, 5.74) is 0.347. The molecule has 1 aromatic heterocycles. The second kappa shape index (κ2) is 6.76. The van der Waals surface area contributed by atoms with Gasteiger partial charge < -0.3 is 4.74 Å². The number of ether oxygens (including phenoxy) is 1. The molecule has 1 aromatic carbocycles. The molecule has 0 radical (unpaired) electrons. The van der Waals surface area contributed by atoms with Crippen LogP contribution >= 0.6 is 12.6 Å². The first-order valence-corrected chi connectivity index (χ1v) is 7.43. The van der Waals surface area contributed by atoms with Gasteiger partial charge in [0.25, 0.3) is 5.69 Å². The molecule has 1 atom stereocenters. The molecule has 0 amide bonds. The number of hydrogen-bond donors (Lipinski definition) is 1. The van der Waals surface area contributed by atoms with E-state index in [1.165, 1.54) is 6.07 Å². The molecule has 0 aliphatic carbocycles. The van der Waals surface area contributed by atoms with Gasteiger partial charge in [-0.25, -0.2) is 4.98 Å². The van der Waals surface area contributed by atoms with Crippen molar-refractivity contribution in [1.29, 1.82) is 0 Å². The van der Waals surface area contributed by atoms with Crippen molar-refractivity contribution in [3.05, 3.63) is 40.6 Å². The van der Waals surface area contributed by atoms with Crippen molar-refractivity contribution in [2.75, 3.05) is 12.4 Å². The Morgan fingerprint density at radius 2 is 2.14 bits per heavy atom. The van der Waals surface area contributed by atoms with E-state index in [2.05, 4.69) is 31.5 Å². The molecule has 0 aliphatic heterocycles. The largest absolute Gasteiger partial charge is 0.493 e. The van der Waals surface area contributed by atoms with Gasteiger partial charge in [0.1, 0.15) is 5.75 Å². The molecule has 0 aliphatic rings. The van der Waals surface area contributed by atoms with E-state index < -0.39 is 4.92 Å². The maximum Gasteiger partial charge on any atom is 0.295 e. The number of nitrogens with zero attached hydrogens (tertiary/aromatic N) is 2. The van der Waals surface area contributed by atoms with Crippen LogP contribution < -0.4 is 4.74 Å². The number of fused-ring (bicyclic) bond motifs is 1. The molecule has 1 heterocycles. The van der Waals surface area contributed by atoms with Crippen molar-refractivity contribution in [2.24, 2.45) is 11.8 Å². The molecule has 2 rings (SSSR count). The van der Waals surface area contributed by atoms with Gasteiger partial charge in [0.05, 0.1) is 11.5 Å². The Hall–Kier alpha value is -1.82. The summed E-state index contributed by atoms with van der Waals surface area (Å²) in [7, 11) is 0. The van der Waals surface area contributed by atoms with Crippen molar-refractivity contribution in [3.8, 4) is 5.75 Å². The van der Waals surface area contributed by atoms with Gasteiger partial charge in [-0.2, -0.15) is 12.6 Å². The molecule has 2 aromatic rings. The summed E-state index contributed by atoms with van der Waals surface area (Å²) in [6, 6.07) is 6.61. The predicted molar refractivity (Wildman–Crippen MR) is 86.1 cm³/mol. The average molecular weight is 306 g/mol. The minimum absolute atomic E-state index is 0.00689. The standard InChI is InChI=1S/C15H18N2O3S/c1-10(2)11(9-21)8-20-14-6-5-13(17(18)19)15-12(14)4-3-7-16-15/h3-7,10-11,21H,8-9H2,1-2H3. The fraction of sp³-hybridized carbons (Fsp3) is 0.400. The second-order valence-corrected chi connectivity index (χ2v) is 5.60. The van der Waals surface area contributed by atoms with Gasteiger partial charge in [-0.3, -0.25) is 10.1 Å². The quantitative estimate of drug-likeness (QED) is 0.502. The molecule has 112 valence electrons. The Bertz CT molecular complexity index is 646. The molecule has 1 unspecified atom stereocenters. The average Bonchev–Trinajstić information content (AvgIpc) is 2.47. The highest BCUT2D eigenvalue weighted by atomic mass is 32.1. The summed E-state index contributed by atoms with van der Waals surface area (Å²) in [4.78, 5) is 14.7. The number of benzene rings is 1. The Morgan fingerprint density at radius 3 is 2.76 bits per heavy atom. The number of hydrogen-bond acceptors (Lipinski definition) is 5. The zero-order chi connectivity index (χ0) is 15.4. The number of nitro groups is 1. The number of pyridine rings is 1. The molecule has 0 bridgehead atoms. The molecule has 5 nitrogen and oxygen atoms in total. The fourth-order valence-corrected chi connectivity index (χ4v) is 2.58. The van der Waals surface area contributed by atoms with Crippen LogP contribution in [0, 0.1) is 22.0 Å². The number of non-ortho nitro benzene ring substituents is 1. The van der Waals surface area contributed by atoms with E-state index in [0.29, 0.717) is 35.1 Å². The minimum Gasteiger partial charge on any atom is -0.493 e. The number of rotatable bonds is 6. The number of aromatic nitrogens is 1. The van der Waals surface area contributed by atoms with Crippen molar-refractivity contribution in [3.63, 3.8) is 0 Å². The van der Waals surface area contributed by atoms with Crippen LogP contribution in [-0.2, 0) is 0 Å². The number of nitro benzene ring substituents is 1. The van der Waals surface area contributed by atoms with Gasteiger partial charge >= 0.3 is 0 Å². The van der Waals surface area contributed by atoms with E-state index in [9.17, 15) is 10.1 Å². The smallest absolute Gasteiger partial charge is 0.295 e. The van der Waals surface area contributed by atoms with Crippen molar-refractivity contribution < 1.29 is 9.66 Å². The van der Waals surface area contributed by atoms with Crippen LogP contribution in [0.4, 0.5) is 5.69 Å². The lowest BCUT2D eigenvalue weighted by molar-refractivity contribution is -0.383. The van der Waals surface area contributed by atoms with Crippen LogP contribution in [0.5, 0.6) is 5.75 Å². The summed E-state index contributed by atoms with van der Waals surface area (Å²) in [5, 5.41) is 11.7. The van der Waals surface area contributed by atoms with Gasteiger partial charge in [0, 0.05) is 23.6 Å². The zero-order valence-electron chi connectivity index (χ0n) is 12.0. The van der Waals surface area contributed by atoms with E-state index in [-0.39, 0.29) is 5.69 Å². The van der Waals surface area contributed by atoms with E-state index in [0.717, 1.165) is 5.75 Å². The molecule has 21 heavy (non-hydrogen) atoms. The molecular weight excluding hydrogens is 288 g/mol. The Balaban J connectivity index is 2.33. The van der Waals surface area contributed by atoms with E-state index in [4.69, 9.17) is 4.74 Å². The molecule has 0 saturated heterocycles. The van der Waals surface area contributed by atoms with Crippen molar-refractivity contribution in [2.45, 2.75) is 13.8 Å². The Morgan fingerprint density at radius 1 is 1.38 bits per heavy atom. The summed E-state index contributed by atoms with van der Waals surface area (Å²) < 4.78 is 5.86. The van der Waals surface area contributed by atoms with Gasteiger partial charge in [0.2, 0.25) is 0 Å². The molecule has 0 fully saturated rings. The SMILES string of the molecule is CC(C)C(CS)COc1ccc([N+](=O)[O-])c2ncccc12. The van der Waals surface area contributed by atoms with Crippen LogP contribution in [0.1, 0.15) is 13.8 Å². The minimum atomic E-state index is -0.427. The molecule has 0 saturated carbocycles. The summed E-state index contributed by atoms with van der Waals surface area (Å²) >= 11 is 4.34. The lowest BCUT2D eigenvalue weighted by Crippen LogP contribution is -2.19. The highest BCUT2D eigenvalue weighted by Gasteiger charge is 2.18. The van der Waals surface area contributed by atoms with Crippen LogP contribution in [0.3, 0.4) is 0 Å². The third kappa shape index (κ3) is 3.44. The zero-order valence-corrected chi connectivity index (χ0v) is 12.9. The molecule has 0 spiro atoms. The van der Waals surface area contributed by atoms with E-state index in [1.54, 1.807) is 24.4 Å². The highest BCUT2D eigenvalue weighted by Crippen LogP contribution is 2.31.